The Labute approximate surface area is 112 Å². The molecule has 1 fully saturated rings. The van der Waals surface area contributed by atoms with E-state index in [9.17, 15) is 4.21 Å². The van der Waals surface area contributed by atoms with Crippen LogP contribution in [0.3, 0.4) is 0 Å². The molecule has 0 spiro atoms. The SMILES string of the molecule is CCCCCCC1(S(=O)c2ccccc2)OC1C. The van der Waals surface area contributed by atoms with E-state index in [4.69, 9.17) is 4.74 Å². The summed E-state index contributed by atoms with van der Waals surface area (Å²) in [5.74, 6) is 0. The first-order valence-electron chi connectivity index (χ1n) is 6.85. The molecule has 0 N–H and O–H groups in total. The van der Waals surface area contributed by atoms with Crippen LogP contribution in [0.15, 0.2) is 35.2 Å². The second-order valence-electron chi connectivity index (χ2n) is 4.96. The van der Waals surface area contributed by atoms with Crippen LogP contribution in [0.2, 0.25) is 0 Å². The summed E-state index contributed by atoms with van der Waals surface area (Å²) < 4.78 is 18.3. The van der Waals surface area contributed by atoms with Crippen LogP contribution in [-0.4, -0.2) is 15.2 Å². The van der Waals surface area contributed by atoms with Gasteiger partial charge >= 0.3 is 0 Å². The topological polar surface area (TPSA) is 29.6 Å². The Morgan fingerprint density at radius 3 is 2.44 bits per heavy atom. The Kier molecular flexibility index (Phi) is 4.57. The van der Waals surface area contributed by atoms with Crippen molar-refractivity contribution in [3.63, 3.8) is 0 Å². The molecule has 0 aliphatic carbocycles. The predicted octanol–water partition coefficient (Wildman–Crippen LogP) is 3.88. The quantitative estimate of drug-likeness (QED) is 0.553. The summed E-state index contributed by atoms with van der Waals surface area (Å²) in [6, 6.07) is 9.68. The van der Waals surface area contributed by atoms with Gasteiger partial charge in [0.2, 0.25) is 0 Å². The molecular formula is C15H22O2S. The highest BCUT2D eigenvalue weighted by molar-refractivity contribution is 7.86. The fourth-order valence-electron chi connectivity index (χ4n) is 2.36. The summed E-state index contributed by atoms with van der Waals surface area (Å²) in [4.78, 5) is 0.479. The van der Waals surface area contributed by atoms with Crippen LogP contribution < -0.4 is 0 Å². The van der Waals surface area contributed by atoms with Crippen LogP contribution in [0, 0.1) is 0 Å². The van der Waals surface area contributed by atoms with Gasteiger partial charge in [0, 0.05) is 4.90 Å². The third-order valence-corrected chi connectivity index (χ3v) is 5.55. The Bertz CT molecular complexity index is 404. The van der Waals surface area contributed by atoms with Crippen LogP contribution in [-0.2, 0) is 15.5 Å². The zero-order valence-corrected chi connectivity index (χ0v) is 12.0. The molecule has 3 heteroatoms. The zero-order chi connectivity index (χ0) is 13.0. The maximum Gasteiger partial charge on any atom is 0.173 e. The molecule has 1 aromatic rings. The second kappa shape index (κ2) is 5.98. The maximum absolute atomic E-state index is 12.6. The van der Waals surface area contributed by atoms with E-state index in [-0.39, 0.29) is 6.10 Å². The Balaban J connectivity index is 1.98. The highest BCUT2D eigenvalue weighted by Crippen LogP contribution is 2.46. The van der Waals surface area contributed by atoms with Crippen molar-refractivity contribution in [3.05, 3.63) is 30.3 Å². The van der Waals surface area contributed by atoms with E-state index in [0.717, 1.165) is 17.7 Å². The van der Waals surface area contributed by atoms with Gasteiger partial charge in [0.05, 0.1) is 16.9 Å². The fourth-order valence-corrected chi connectivity index (χ4v) is 4.02. The summed E-state index contributed by atoms with van der Waals surface area (Å²) in [5.41, 5.74) is 0. The number of benzene rings is 1. The molecule has 1 aliphatic heterocycles. The summed E-state index contributed by atoms with van der Waals surface area (Å²) in [6.07, 6.45) is 5.83. The minimum atomic E-state index is -1.04. The number of epoxide rings is 1. The first-order chi connectivity index (χ1) is 8.70. The zero-order valence-electron chi connectivity index (χ0n) is 11.2. The van der Waals surface area contributed by atoms with Crippen LogP contribution in [0.4, 0.5) is 0 Å². The van der Waals surface area contributed by atoms with Gasteiger partial charge in [-0.1, -0.05) is 44.4 Å². The van der Waals surface area contributed by atoms with Crippen molar-refractivity contribution in [2.75, 3.05) is 0 Å². The van der Waals surface area contributed by atoms with Gasteiger partial charge in [-0.25, -0.2) is 0 Å². The summed E-state index contributed by atoms with van der Waals surface area (Å²) >= 11 is 0. The molecular weight excluding hydrogens is 244 g/mol. The molecule has 0 aromatic heterocycles. The van der Waals surface area contributed by atoms with Crippen LogP contribution in [0.5, 0.6) is 0 Å². The van der Waals surface area contributed by atoms with E-state index in [1.807, 2.05) is 37.3 Å². The highest BCUT2D eigenvalue weighted by atomic mass is 32.2. The normalized spacial score (nSPS) is 28.0. The average molecular weight is 266 g/mol. The van der Waals surface area contributed by atoms with Gasteiger partial charge in [-0.2, -0.15) is 0 Å². The molecule has 3 unspecified atom stereocenters. The largest absolute Gasteiger partial charge is 0.352 e. The average Bonchev–Trinajstić information content (AvgIpc) is 3.07. The minimum Gasteiger partial charge on any atom is -0.352 e. The Morgan fingerprint density at radius 2 is 1.89 bits per heavy atom. The Hall–Kier alpha value is -0.670. The van der Waals surface area contributed by atoms with E-state index in [1.165, 1.54) is 19.3 Å². The second-order valence-corrected chi connectivity index (χ2v) is 6.66. The lowest BCUT2D eigenvalue weighted by atomic mass is 10.1. The van der Waals surface area contributed by atoms with Gasteiger partial charge in [-0.15, -0.1) is 0 Å². The van der Waals surface area contributed by atoms with E-state index in [1.54, 1.807) is 0 Å². The molecule has 0 radical (unpaired) electrons. The summed E-state index contributed by atoms with van der Waals surface area (Å²) in [5, 5.41) is 0. The van der Waals surface area contributed by atoms with Gasteiger partial charge in [0.1, 0.15) is 0 Å². The van der Waals surface area contributed by atoms with E-state index >= 15 is 0 Å². The van der Waals surface area contributed by atoms with Crippen LogP contribution in [0.1, 0.15) is 46.0 Å². The molecule has 3 atom stereocenters. The van der Waals surface area contributed by atoms with E-state index in [2.05, 4.69) is 6.92 Å². The van der Waals surface area contributed by atoms with Gasteiger partial charge in [-0.05, 0) is 31.9 Å². The maximum atomic E-state index is 12.6. The summed E-state index contributed by atoms with van der Waals surface area (Å²) in [6.45, 7) is 4.23. The lowest BCUT2D eigenvalue weighted by Gasteiger charge is -2.12. The Morgan fingerprint density at radius 1 is 1.22 bits per heavy atom. The smallest absolute Gasteiger partial charge is 0.173 e. The molecule has 2 rings (SSSR count). The molecule has 1 aliphatic rings. The first-order valence-corrected chi connectivity index (χ1v) is 8.00. The fraction of sp³-hybridized carbons (Fsp3) is 0.600. The van der Waals surface area contributed by atoms with Crippen molar-refractivity contribution in [2.45, 2.75) is 61.9 Å². The van der Waals surface area contributed by atoms with Crippen molar-refractivity contribution >= 4 is 10.8 Å². The van der Waals surface area contributed by atoms with Crippen LogP contribution >= 0.6 is 0 Å². The predicted molar refractivity (Wildman–Crippen MR) is 74.9 cm³/mol. The lowest BCUT2D eigenvalue weighted by molar-refractivity contribution is 0.340. The summed E-state index contributed by atoms with van der Waals surface area (Å²) in [7, 11) is -1.04. The van der Waals surface area contributed by atoms with Crippen LogP contribution in [0.25, 0.3) is 0 Å². The standard InChI is InChI=1S/C15H22O2S/c1-3-4-5-9-12-15(13(2)17-15)18(16)14-10-7-6-8-11-14/h6-8,10-11,13H,3-5,9,12H2,1-2H3. The van der Waals surface area contributed by atoms with E-state index in [0.29, 0.717) is 0 Å². The molecule has 0 bridgehead atoms. The number of hydrogen-bond donors (Lipinski definition) is 0. The molecule has 1 heterocycles. The van der Waals surface area contributed by atoms with Gasteiger partial charge in [-0.3, -0.25) is 4.21 Å². The number of unbranched alkanes of at least 4 members (excludes halogenated alkanes) is 3. The van der Waals surface area contributed by atoms with Crippen molar-refractivity contribution < 1.29 is 8.95 Å². The monoisotopic (exact) mass is 266 g/mol. The molecule has 1 saturated heterocycles. The molecule has 0 amide bonds. The third kappa shape index (κ3) is 2.83. The molecule has 100 valence electrons. The number of ether oxygens (including phenoxy) is 1. The van der Waals surface area contributed by atoms with E-state index < -0.39 is 15.7 Å². The van der Waals surface area contributed by atoms with Crippen molar-refractivity contribution in [1.29, 1.82) is 0 Å². The molecule has 2 nitrogen and oxygen atoms in total. The molecule has 1 aromatic carbocycles. The lowest BCUT2D eigenvalue weighted by Crippen LogP contribution is -2.21. The van der Waals surface area contributed by atoms with Gasteiger partial charge in [0.15, 0.2) is 4.93 Å². The van der Waals surface area contributed by atoms with Gasteiger partial charge < -0.3 is 4.74 Å². The highest BCUT2D eigenvalue weighted by Gasteiger charge is 2.58. The van der Waals surface area contributed by atoms with Gasteiger partial charge in [0.25, 0.3) is 0 Å². The van der Waals surface area contributed by atoms with Crippen molar-refractivity contribution in [1.82, 2.24) is 0 Å². The number of hydrogen-bond acceptors (Lipinski definition) is 2. The minimum absolute atomic E-state index is 0.125. The molecule has 0 saturated carbocycles. The first kappa shape index (κ1) is 13.8. The molecule has 18 heavy (non-hydrogen) atoms. The third-order valence-electron chi connectivity index (χ3n) is 3.59. The number of rotatable bonds is 7. The van der Waals surface area contributed by atoms with Crippen molar-refractivity contribution in [3.8, 4) is 0 Å². The van der Waals surface area contributed by atoms with Crippen molar-refractivity contribution in [2.24, 2.45) is 0 Å².